The molecule has 2 nitrogen and oxygen atoms in total. The highest BCUT2D eigenvalue weighted by Gasteiger charge is 2.42. The molecule has 0 spiro atoms. The van der Waals surface area contributed by atoms with Crippen LogP contribution in [0.1, 0.15) is 84.5 Å². The number of carbonyl (C=O) groups excluding carboxylic acids is 1. The van der Waals surface area contributed by atoms with Crippen molar-refractivity contribution in [3.05, 3.63) is 12.2 Å². The average Bonchev–Trinajstić information content (AvgIpc) is 3.12. The highest BCUT2D eigenvalue weighted by molar-refractivity contribution is 5.72. The van der Waals surface area contributed by atoms with Gasteiger partial charge in [0.15, 0.2) is 0 Å². The number of unbranched alkanes of at least 4 members (excludes halogenated alkanes) is 2. The number of fused-ring (bicyclic) bond motifs is 2. The van der Waals surface area contributed by atoms with Crippen LogP contribution >= 0.6 is 0 Å². The van der Waals surface area contributed by atoms with Crippen LogP contribution < -0.4 is 0 Å². The molecule has 0 aromatic heterocycles. The number of rotatable bonds is 10. The van der Waals surface area contributed by atoms with Gasteiger partial charge < -0.3 is 4.74 Å². The molecular formula is C20H34O2. The molecule has 2 fully saturated rings. The van der Waals surface area contributed by atoms with Crippen molar-refractivity contribution in [1.82, 2.24) is 0 Å². The summed E-state index contributed by atoms with van der Waals surface area (Å²) in [7, 11) is 0. The van der Waals surface area contributed by atoms with Crippen LogP contribution in [-0.2, 0) is 9.53 Å². The van der Waals surface area contributed by atoms with E-state index in [0.29, 0.717) is 5.92 Å². The fraction of sp³-hybridized carbons (Fsp3) is 0.850. The van der Waals surface area contributed by atoms with E-state index in [1.165, 1.54) is 32.1 Å². The van der Waals surface area contributed by atoms with Gasteiger partial charge in [0.1, 0.15) is 6.10 Å². The summed E-state index contributed by atoms with van der Waals surface area (Å²) in [5, 5.41) is 0. The van der Waals surface area contributed by atoms with Crippen molar-refractivity contribution in [2.45, 2.75) is 90.6 Å². The van der Waals surface area contributed by atoms with Crippen molar-refractivity contribution >= 4 is 5.97 Å². The van der Waals surface area contributed by atoms with Crippen LogP contribution in [0.3, 0.4) is 0 Å². The van der Waals surface area contributed by atoms with E-state index in [9.17, 15) is 4.79 Å². The third-order valence-corrected chi connectivity index (χ3v) is 5.46. The zero-order chi connectivity index (χ0) is 15.8. The molecule has 126 valence electrons. The van der Waals surface area contributed by atoms with Gasteiger partial charge in [-0.25, -0.2) is 0 Å². The van der Waals surface area contributed by atoms with E-state index in [2.05, 4.69) is 26.0 Å². The van der Waals surface area contributed by atoms with Crippen molar-refractivity contribution in [1.29, 1.82) is 0 Å². The van der Waals surface area contributed by atoms with Gasteiger partial charge >= 0.3 is 5.97 Å². The van der Waals surface area contributed by atoms with Crippen LogP contribution in [0.25, 0.3) is 0 Å². The summed E-state index contributed by atoms with van der Waals surface area (Å²) in [5.41, 5.74) is 0. The molecule has 4 atom stereocenters. The van der Waals surface area contributed by atoms with E-state index in [-0.39, 0.29) is 18.0 Å². The van der Waals surface area contributed by atoms with Crippen molar-refractivity contribution in [3.8, 4) is 0 Å². The van der Waals surface area contributed by atoms with Gasteiger partial charge in [-0.2, -0.15) is 0 Å². The van der Waals surface area contributed by atoms with E-state index < -0.39 is 0 Å². The van der Waals surface area contributed by atoms with E-state index in [0.717, 1.165) is 44.4 Å². The lowest BCUT2D eigenvalue weighted by Crippen LogP contribution is -2.28. The molecule has 2 bridgehead atoms. The highest BCUT2D eigenvalue weighted by Crippen LogP contribution is 2.46. The maximum atomic E-state index is 12.5. The SMILES string of the molecule is CCCC=CCCCC(CCC)C(=O)OC1CC2CCC1C2. The normalized spacial score (nSPS) is 28.4. The monoisotopic (exact) mass is 306 g/mol. The molecule has 2 heteroatoms. The van der Waals surface area contributed by atoms with Crippen molar-refractivity contribution in [2.24, 2.45) is 17.8 Å². The van der Waals surface area contributed by atoms with Crippen molar-refractivity contribution < 1.29 is 9.53 Å². The number of ether oxygens (including phenoxy) is 1. The molecule has 2 saturated carbocycles. The molecule has 2 aliphatic rings. The second kappa shape index (κ2) is 9.37. The smallest absolute Gasteiger partial charge is 0.309 e. The van der Waals surface area contributed by atoms with E-state index >= 15 is 0 Å². The Morgan fingerprint density at radius 3 is 2.55 bits per heavy atom. The molecule has 2 aliphatic carbocycles. The van der Waals surface area contributed by atoms with Gasteiger partial charge in [0.2, 0.25) is 0 Å². The molecule has 0 aliphatic heterocycles. The van der Waals surface area contributed by atoms with Gasteiger partial charge in [-0.05, 0) is 69.6 Å². The summed E-state index contributed by atoms with van der Waals surface area (Å²) in [5.74, 6) is 1.74. The highest BCUT2D eigenvalue weighted by atomic mass is 16.5. The lowest BCUT2D eigenvalue weighted by Gasteiger charge is -2.24. The maximum absolute atomic E-state index is 12.5. The van der Waals surface area contributed by atoms with Crippen molar-refractivity contribution in [2.75, 3.05) is 0 Å². The number of carbonyl (C=O) groups is 1. The summed E-state index contributed by atoms with van der Waals surface area (Å²) in [6.45, 7) is 4.37. The first-order valence-corrected chi connectivity index (χ1v) is 9.60. The number of esters is 1. The van der Waals surface area contributed by atoms with Crippen LogP contribution in [-0.4, -0.2) is 12.1 Å². The Morgan fingerprint density at radius 2 is 1.91 bits per heavy atom. The van der Waals surface area contributed by atoms with Crippen LogP contribution in [0.15, 0.2) is 12.2 Å². The Labute approximate surface area is 136 Å². The van der Waals surface area contributed by atoms with Gasteiger partial charge in [-0.3, -0.25) is 4.79 Å². The Kier molecular flexibility index (Phi) is 7.48. The van der Waals surface area contributed by atoms with Gasteiger partial charge in [0.05, 0.1) is 5.92 Å². The molecule has 0 saturated heterocycles. The third kappa shape index (κ3) is 5.14. The second-order valence-corrected chi connectivity index (χ2v) is 7.33. The molecule has 0 aromatic rings. The predicted octanol–water partition coefficient (Wildman–Crippen LogP) is 5.66. The van der Waals surface area contributed by atoms with Gasteiger partial charge in [-0.15, -0.1) is 0 Å². The molecule has 0 heterocycles. The topological polar surface area (TPSA) is 26.3 Å². The van der Waals surface area contributed by atoms with Gasteiger partial charge in [0, 0.05) is 0 Å². The quantitative estimate of drug-likeness (QED) is 0.296. The molecule has 0 aromatic carbocycles. The molecule has 2 rings (SSSR count). The molecule has 0 radical (unpaired) electrons. The molecule has 4 unspecified atom stereocenters. The number of hydrogen-bond acceptors (Lipinski definition) is 2. The lowest BCUT2D eigenvalue weighted by atomic mass is 9.95. The standard InChI is InChI=1S/C20H34O2/c1-3-5-6-7-8-9-11-17(10-4-2)20(21)22-19-15-16-12-13-18(19)14-16/h6-7,16-19H,3-5,8-15H2,1-2H3. The van der Waals surface area contributed by atoms with Crippen LogP contribution in [0.2, 0.25) is 0 Å². The predicted molar refractivity (Wildman–Crippen MR) is 91.6 cm³/mol. The van der Waals surface area contributed by atoms with Crippen LogP contribution in [0, 0.1) is 17.8 Å². The lowest BCUT2D eigenvalue weighted by molar-refractivity contribution is -0.157. The molecular weight excluding hydrogens is 272 g/mol. The van der Waals surface area contributed by atoms with Crippen LogP contribution in [0.5, 0.6) is 0 Å². The summed E-state index contributed by atoms with van der Waals surface area (Å²) >= 11 is 0. The third-order valence-electron chi connectivity index (χ3n) is 5.46. The first-order chi connectivity index (χ1) is 10.7. The van der Waals surface area contributed by atoms with Gasteiger partial charge in [0.25, 0.3) is 0 Å². The maximum Gasteiger partial charge on any atom is 0.309 e. The minimum atomic E-state index is 0.0944. The van der Waals surface area contributed by atoms with E-state index in [4.69, 9.17) is 4.74 Å². The first-order valence-electron chi connectivity index (χ1n) is 9.60. The molecule has 22 heavy (non-hydrogen) atoms. The summed E-state index contributed by atoms with van der Waals surface area (Å²) in [4.78, 5) is 12.5. The Balaban J connectivity index is 1.71. The fourth-order valence-electron chi connectivity index (χ4n) is 4.19. The van der Waals surface area contributed by atoms with Crippen molar-refractivity contribution in [3.63, 3.8) is 0 Å². The summed E-state index contributed by atoms with van der Waals surface area (Å²) < 4.78 is 5.90. The zero-order valence-corrected chi connectivity index (χ0v) is 14.6. The average molecular weight is 306 g/mol. The minimum Gasteiger partial charge on any atom is -0.462 e. The Morgan fingerprint density at radius 1 is 1.09 bits per heavy atom. The van der Waals surface area contributed by atoms with E-state index in [1.54, 1.807) is 0 Å². The van der Waals surface area contributed by atoms with Gasteiger partial charge in [-0.1, -0.05) is 38.8 Å². The number of allylic oxidation sites excluding steroid dienone is 2. The Bertz CT molecular complexity index is 361. The molecule has 0 amide bonds. The van der Waals surface area contributed by atoms with E-state index in [1.807, 2.05) is 0 Å². The Hall–Kier alpha value is -0.790. The fourth-order valence-corrected chi connectivity index (χ4v) is 4.19. The first kappa shape index (κ1) is 17.6. The largest absolute Gasteiger partial charge is 0.462 e. The second-order valence-electron chi connectivity index (χ2n) is 7.33. The van der Waals surface area contributed by atoms with Crippen LogP contribution in [0.4, 0.5) is 0 Å². The summed E-state index contributed by atoms with van der Waals surface area (Å²) in [6.07, 6.45) is 17.5. The zero-order valence-electron chi connectivity index (χ0n) is 14.6. The molecule has 0 N–H and O–H groups in total. The summed E-state index contributed by atoms with van der Waals surface area (Å²) in [6, 6.07) is 0. The minimum absolute atomic E-state index is 0.0944. The number of hydrogen-bond donors (Lipinski definition) is 0.